The average Bonchev–Trinajstić information content (AvgIpc) is 2.88. The monoisotopic (exact) mass is 345 g/mol. The largest absolute Gasteiger partial charge is 0.467 e. The molecule has 0 saturated carbocycles. The molecule has 0 bridgehead atoms. The van der Waals surface area contributed by atoms with Gasteiger partial charge < -0.3 is 10.1 Å². The molecule has 0 saturated heterocycles. The SMILES string of the molecule is COC(=O)C(C)(C)NC(=O)c1cc(C)nc2nc(C(F)(F)F)nn12. The molecular formula is C13H14F3N5O3. The number of carbonyl (C=O) groups excluding carboxylic acids is 2. The Kier molecular flexibility index (Phi) is 4.21. The third-order valence-corrected chi connectivity index (χ3v) is 3.05. The van der Waals surface area contributed by atoms with Crippen LogP contribution in [0.5, 0.6) is 0 Å². The van der Waals surface area contributed by atoms with E-state index in [0.717, 1.165) is 7.11 Å². The predicted molar refractivity (Wildman–Crippen MR) is 74.1 cm³/mol. The second-order valence-corrected chi connectivity index (χ2v) is 5.50. The molecule has 0 radical (unpaired) electrons. The number of methoxy groups -OCH3 is 1. The number of hydrogen-bond acceptors (Lipinski definition) is 6. The molecule has 0 fully saturated rings. The number of ether oxygens (including phenoxy) is 1. The summed E-state index contributed by atoms with van der Waals surface area (Å²) in [5.41, 5.74) is -1.36. The van der Waals surface area contributed by atoms with Crippen molar-refractivity contribution in [1.82, 2.24) is 24.9 Å². The predicted octanol–water partition coefficient (Wildman–Crippen LogP) is 1.13. The molecule has 24 heavy (non-hydrogen) atoms. The number of halogens is 3. The topological polar surface area (TPSA) is 98.5 Å². The molecule has 2 rings (SSSR count). The first kappa shape index (κ1) is 17.6. The van der Waals surface area contributed by atoms with Gasteiger partial charge in [0.15, 0.2) is 0 Å². The van der Waals surface area contributed by atoms with E-state index in [9.17, 15) is 22.8 Å². The van der Waals surface area contributed by atoms with Gasteiger partial charge in [-0.25, -0.2) is 9.78 Å². The number of rotatable bonds is 3. The van der Waals surface area contributed by atoms with Gasteiger partial charge >= 0.3 is 12.1 Å². The molecule has 0 aliphatic carbocycles. The lowest BCUT2D eigenvalue weighted by Crippen LogP contribution is -2.50. The average molecular weight is 345 g/mol. The summed E-state index contributed by atoms with van der Waals surface area (Å²) < 4.78 is 43.5. The number of nitrogens with one attached hydrogen (secondary N) is 1. The quantitative estimate of drug-likeness (QED) is 0.838. The number of aromatic nitrogens is 4. The number of esters is 1. The summed E-state index contributed by atoms with van der Waals surface area (Å²) in [5.74, 6) is -3.32. The Hall–Kier alpha value is -2.72. The zero-order valence-corrected chi connectivity index (χ0v) is 13.2. The fourth-order valence-electron chi connectivity index (χ4n) is 1.92. The van der Waals surface area contributed by atoms with Crippen molar-refractivity contribution in [3.63, 3.8) is 0 Å². The molecule has 0 unspecified atom stereocenters. The Morgan fingerprint density at radius 2 is 1.88 bits per heavy atom. The first-order chi connectivity index (χ1) is 11.0. The number of carbonyl (C=O) groups is 2. The van der Waals surface area contributed by atoms with Crippen LogP contribution in [0.3, 0.4) is 0 Å². The Morgan fingerprint density at radius 1 is 1.25 bits per heavy atom. The highest BCUT2D eigenvalue weighted by Crippen LogP contribution is 2.26. The minimum Gasteiger partial charge on any atom is -0.467 e. The lowest BCUT2D eigenvalue weighted by Gasteiger charge is -2.23. The van der Waals surface area contributed by atoms with Gasteiger partial charge in [0.05, 0.1) is 7.11 Å². The third kappa shape index (κ3) is 3.29. The van der Waals surface area contributed by atoms with Gasteiger partial charge in [0.2, 0.25) is 0 Å². The highest BCUT2D eigenvalue weighted by atomic mass is 19.4. The smallest absolute Gasteiger partial charge is 0.453 e. The molecule has 2 heterocycles. The highest BCUT2D eigenvalue weighted by Gasteiger charge is 2.37. The summed E-state index contributed by atoms with van der Waals surface area (Å²) >= 11 is 0. The van der Waals surface area contributed by atoms with Crippen molar-refractivity contribution < 1.29 is 27.5 Å². The van der Waals surface area contributed by atoms with Crippen LogP contribution in [-0.2, 0) is 15.7 Å². The summed E-state index contributed by atoms with van der Waals surface area (Å²) in [7, 11) is 1.15. The van der Waals surface area contributed by atoms with Crippen LogP contribution in [0.2, 0.25) is 0 Å². The Balaban J connectivity index is 2.50. The van der Waals surface area contributed by atoms with Crippen molar-refractivity contribution in [3.8, 4) is 0 Å². The number of aryl methyl sites for hydroxylation is 1. The molecule has 0 spiro atoms. The second kappa shape index (κ2) is 5.73. The van der Waals surface area contributed by atoms with Gasteiger partial charge in [-0.2, -0.15) is 22.7 Å². The highest BCUT2D eigenvalue weighted by molar-refractivity contribution is 5.97. The van der Waals surface area contributed by atoms with Crippen molar-refractivity contribution in [2.75, 3.05) is 7.11 Å². The summed E-state index contributed by atoms with van der Waals surface area (Å²) in [6.45, 7) is 4.28. The molecular weight excluding hydrogens is 331 g/mol. The molecule has 2 aromatic rings. The van der Waals surface area contributed by atoms with E-state index in [1.807, 2.05) is 0 Å². The van der Waals surface area contributed by atoms with Crippen molar-refractivity contribution in [2.45, 2.75) is 32.5 Å². The van der Waals surface area contributed by atoms with Gasteiger partial charge in [-0.3, -0.25) is 4.79 Å². The van der Waals surface area contributed by atoms with Crippen LogP contribution >= 0.6 is 0 Å². The molecule has 1 amide bonds. The van der Waals surface area contributed by atoms with Crippen LogP contribution < -0.4 is 5.32 Å². The van der Waals surface area contributed by atoms with Crippen LogP contribution in [0, 0.1) is 6.92 Å². The molecule has 0 aliphatic heterocycles. The van der Waals surface area contributed by atoms with Crippen LogP contribution in [0.1, 0.15) is 35.9 Å². The van der Waals surface area contributed by atoms with E-state index in [0.29, 0.717) is 4.52 Å². The fraction of sp³-hybridized carbons (Fsp3) is 0.462. The minimum absolute atomic E-state index is 0.238. The van der Waals surface area contributed by atoms with Crippen molar-refractivity contribution in [3.05, 3.63) is 23.3 Å². The Labute approximate surface area is 134 Å². The van der Waals surface area contributed by atoms with Crippen molar-refractivity contribution in [1.29, 1.82) is 0 Å². The molecule has 130 valence electrons. The van der Waals surface area contributed by atoms with Crippen LogP contribution in [0.25, 0.3) is 5.78 Å². The van der Waals surface area contributed by atoms with Gasteiger partial charge in [0.1, 0.15) is 11.2 Å². The number of alkyl halides is 3. The van der Waals surface area contributed by atoms with Gasteiger partial charge in [-0.15, -0.1) is 5.10 Å². The van der Waals surface area contributed by atoms with Crippen molar-refractivity contribution in [2.24, 2.45) is 0 Å². The zero-order chi connectivity index (χ0) is 18.3. The van der Waals surface area contributed by atoms with Crippen LogP contribution in [0.15, 0.2) is 6.07 Å². The maximum absolute atomic E-state index is 12.8. The summed E-state index contributed by atoms with van der Waals surface area (Å²) in [5, 5.41) is 5.66. The summed E-state index contributed by atoms with van der Waals surface area (Å²) in [4.78, 5) is 31.1. The standard InChI is InChI=1S/C13H14F3N5O3/c1-6-5-7(8(22)19-12(2,3)10(23)24-4)21-11(17-6)18-9(20-21)13(14,15)16/h5H,1-4H3,(H,19,22). The zero-order valence-electron chi connectivity index (χ0n) is 13.2. The van der Waals surface area contributed by atoms with E-state index < -0.39 is 29.4 Å². The van der Waals surface area contributed by atoms with Gasteiger partial charge in [-0.1, -0.05) is 0 Å². The Bertz CT molecular complexity index is 813. The van der Waals surface area contributed by atoms with Gasteiger partial charge in [0, 0.05) is 5.69 Å². The Morgan fingerprint density at radius 3 is 2.42 bits per heavy atom. The first-order valence-electron chi connectivity index (χ1n) is 6.68. The number of amides is 1. The molecule has 0 atom stereocenters. The molecule has 8 nitrogen and oxygen atoms in total. The normalized spacial score (nSPS) is 12.3. The maximum Gasteiger partial charge on any atom is 0.453 e. The minimum atomic E-state index is -4.78. The molecule has 0 aliphatic rings. The van der Waals surface area contributed by atoms with Gasteiger partial charge in [0.25, 0.3) is 17.5 Å². The lowest BCUT2D eigenvalue weighted by atomic mass is 10.1. The molecule has 1 N–H and O–H groups in total. The van der Waals surface area contributed by atoms with Crippen LogP contribution in [0.4, 0.5) is 13.2 Å². The number of nitrogens with zero attached hydrogens (tertiary/aromatic N) is 4. The summed E-state index contributed by atoms with van der Waals surface area (Å²) in [6, 6.07) is 1.24. The molecule has 11 heteroatoms. The first-order valence-corrected chi connectivity index (χ1v) is 6.68. The number of hydrogen-bond donors (Lipinski definition) is 1. The molecule has 2 aromatic heterocycles. The number of fused-ring (bicyclic) bond motifs is 1. The molecule has 0 aromatic carbocycles. The van der Waals surface area contributed by atoms with E-state index in [2.05, 4.69) is 25.1 Å². The second-order valence-electron chi connectivity index (χ2n) is 5.50. The van der Waals surface area contributed by atoms with E-state index in [-0.39, 0.29) is 17.2 Å². The maximum atomic E-state index is 12.8. The van der Waals surface area contributed by atoms with Crippen molar-refractivity contribution >= 4 is 17.7 Å². The van der Waals surface area contributed by atoms with Crippen LogP contribution in [-0.4, -0.2) is 44.1 Å². The van der Waals surface area contributed by atoms with E-state index in [1.165, 1.54) is 26.8 Å². The fourth-order valence-corrected chi connectivity index (χ4v) is 1.92. The van der Waals surface area contributed by atoms with E-state index in [4.69, 9.17) is 0 Å². The van der Waals surface area contributed by atoms with Gasteiger partial charge in [-0.05, 0) is 26.8 Å². The third-order valence-electron chi connectivity index (χ3n) is 3.05. The summed E-state index contributed by atoms with van der Waals surface area (Å²) in [6.07, 6.45) is -4.78. The lowest BCUT2D eigenvalue weighted by molar-refractivity contribution is -0.146. The van der Waals surface area contributed by atoms with E-state index >= 15 is 0 Å². The van der Waals surface area contributed by atoms with E-state index in [1.54, 1.807) is 0 Å².